The molecule has 1 fully saturated rings. The van der Waals surface area contributed by atoms with E-state index in [0.29, 0.717) is 0 Å². The SMILES string of the molecule is c1ccc([As](c2ccccc2)(c2ccccc2)C2CCCCC2)cc1. The Bertz CT molecular complexity index is 677. The van der Waals surface area contributed by atoms with Crippen LogP contribution in [0.2, 0.25) is 4.71 Å². The fourth-order valence-electron chi connectivity index (χ4n) is 4.54. The first-order valence-electron chi connectivity index (χ1n) is 9.48. The third-order valence-electron chi connectivity index (χ3n) is 5.61. The second-order valence-corrected chi connectivity index (χ2v) is 14.8. The topological polar surface area (TPSA) is 0 Å². The van der Waals surface area contributed by atoms with Gasteiger partial charge < -0.3 is 0 Å². The molecule has 0 unspecified atom stereocenters. The van der Waals surface area contributed by atoms with Crippen molar-refractivity contribution >= 4 is 26.6 Å². The van der Waals surface area contributed by atoms with Gasteiger partial charge in [0.15, 0.2) is 0 Å². The van der Waals surface area contributed by atoms with Crippen LogP contribution in [0.25, 0.3) is 0 Å². The molecular weight excluding hydrogens is 363 g/mol. The molecule has 0 nitrogen and oxygen atoms in total. The van der Waals surface area contributed by atoms with Crippen LogP contribution in [0.3, 0.4) is 0 Å². The summed E-state index contributed by atoms with van der Waals surface area (Å²) in [6, 6.07) is 34.3. The summed E-state index contributed by atoms with van der Waals surface area (Å²) in [5.74, 6) is 0. The van der Waals surface area contributed by atoms with Gasteiger partial charge in [-0.2, -0.15) is 0 Å². The summed E-state index contributed by atoms with van der Waals surface area (Å²) < 4.78 is 5.62. The molecule has 0 bridgehead atoms. The van der Waals surface area contributed by atoms with E-state index in [4.69, 9.17) is 0 Å². The molecule has 0 heterocycles. The van der Waals surface area contributed by atoms with E-state index >= 15 is 0 Å². The molecule has 0 spiro atoms. The summed E-state index contributed by atoms with van der Waals surface area (Å²) in [5, 5.41) is 0. The summed E-state index contributed by atoms with van der Waals surface area (Å²) in [7, 11) is 0. The molecule has 1 heteroatoms. The molecule has 0 atom stereocenters. The van der Waals surface area contributed by atoms with Crippen molar-refractivity contribution in [3.8, 4) is 0 Å². The molecule has 3 aromatic rings. The molecule has 1 radical (unpaired) electrons. The quantitative estimate of drug-likeness (QED) is 0.577. The summed E-state index contributed by atoms with van der Waals surface area (Å²) in [4.78, 5) is 0. The van der Waals surface area contributed by atoms with Crippen LogP contribution in [0.5, 0.6) is 0 Å². The third-order valence-corrected chi connectivity index (χ3v) is 16.0. The molecule has 127 valence electrons. The first-order valence-corrected chi connectivity index (χ1v) is 13.4. The molecule has 1 aliphatic rings. The molecule has 25 heavy (non-hydrogen) atoms. The first kappa shape index (κ1) is 16.7. The van der Waals surface area contributed by atoms with Gasteiger partial charge in [-0.1, -0.05) is 0 Å². The Balaban J connectivity index is 2.01. The van der Waals surface area contributed by atoms with Crippen LogP contribution in [0.1, 0.15) is 32.1 Å². The first-order chi connectivity index (χ1) is 12.4. The maximum atomic E-state index is 2.40. The number of hydrogen-bond acceptors (Lipinski definition) is 0. The summed E-state index contributed by atoms with van der Waals surface area (Å²) in [6.07, 6.45) is 6.95. The van der Waals surface area contributed by atoms with Gasteiger partial charge in [-0.25, -0.2) is 0 Å². The van der Waals surface area contributed by atoms with Crippen molar-refractivity contribution in [1.29, 1.82) is 0 Å². The van der Waals surface area contributed by atoms with Crippen LogP contribution in [0.15, 0.2) is 91.0 Å². The molecule has 0 N–H and O–H groups in total. The molecule has 4 rings (SSSR count). The molecule has 3 aromatic carbocycles. The van der Waals surface area contributed by atoms with Crippen molar-refractivity contribution in [3.05, 3.63) is 91.0 Å². The molecule has 0 amide bonds. The molecular formula is C24H26As. The Kier molecular flexibility index (Phi) is 5.09. The van der Waals surface area contributed by atoms with Gasteiger partial charge in [0.25, 0.3) is 0 Å². The number of benzene rings is 3. The van der Waals surface area contributed by atoms with Gasteiger partial charge in [-0.15, -0.1) is 0 Å². The summed E-state index contributed by atoms with van der Waals surface area (Å²) in [6.45, 7) is 0. The van der Waals surface area contributed by atoms with Gasteiger partial charge in [0.1, 0.15) is 0 Å². The molecule has 0 saturated heterocycles. The maximum absolute atomic E-state index is 2.49. The number of hydrogen-bond donors (Lipinski definition) is 0. The van der Waals surface area contributed by atoms with Crippen LogP contribution in [-0.4, -0.2) is 13.6 Å². The summed E-state index contributed by atoms with van der Waals surface area (Å²) >= 11 is -2.49. The average molecular weight is 389 g/mol. The average Bonchev–Trinajstić information content (AvgIpc) is 2.72. The monoisotopic (exact) mass is 389 g/mol. The van der Waals surface area contributed by atoms with E-state index in [1.165, 1.54) is 32.1 Å². The van der Waals surface area contributed by atoms with Crippen molar-refractivity contribution in [3.63, 3.8) is 0 Å². The second kappa shape index (κ2) is 7.63. The van der Waals surface area contributed by atoms with Crippen molar-refractivity contribution in [2.45, 2.75) is 36.8 Å². The van der Waals surface area contributed by atoms with E-state index < -0.39 is 13.6 Å². The van der Waals surface area contributed by atoms with Crippen molar-refractivity contribution in [1.82, 2.24) is 0 Å². The van der Waals surface area contributed by atoms with Crippen LogP contribution in [0.4, 0.5) is 0 Å². The second-order valence-electron chi connectivity index (χ2n) is 7.02. The minimum atomic E-state index is -2.49. The van der Waals surface area contributed by atoms with E-state index in [9.17, 15) is 0 Å². The van der Waals surface area contributed by atoms with Crippen molar-refractivity contribution < 1.29 is 0 Å². The fourth-order valence-corrected chi connectivity index (χ4v) is 15.5. The zero-order valence-corrected chi connectivity index (χ0v) is 16.6. The van der Waals surface area contributed by atoms with Crippen molar-refractivity contribution in [2.24, 2.45) is 0 Å². The Morgan fingerprint density at radius 1 is 0.480 bits per heavy atom. The van der Waals surface area contributed by atoms with Crippen LogP contribution < -0.4 is 13.1 Å². The van der Waals surface area contributed by atoms with Gasteiger partial charge in [-0.3, -0.25) is 0 Å². The minimum absolute atomic E-state index is 0.819. The molecule has 0 aliphatic heterocycles. The van der Waals surface area contributed by atoms with Gasteiger partial charge in [0.05, 0.1) is 0 Å². The van der Waals surface area contributed by atoms with E-state index in [1.807, 2.05) is 0 Å². The normalized spacial score (nSPS) is 15.8. The van der Waals surface area contributed by atoms with Gasteiger partial charge in [-0.05, 0) is 0 Å². The van der Waals surface area contributed by atoms with Gasteiger partial charge in [0.2, 0.25) is 0 Å². The third kappa shape index (κ3) is 3.09. The zero-order valence-electron chi connectivity index (χ0n) is 14.7. The van der Waals surface area contributed by atoms with Gasteiger partial charge in [0, 0.05) is 0 Å². The Morgan fingerprint density at radius 3 is 1.20 bits per heavy atom. The van der Waals surface area contributed by atoms with Gasteiger partial charge >= 0.3 is 154 Å². The Hall–Kier alpha value is -1.78. The van der Waals surface area contributed by atoms with Crippen LogP contribution in [0, 0.1) is 0 Å². The predicted molar refractivity (Wildman–Crippen MR) is 111 cm³/mol. The number of rotatable bonds is 4. The van der Waals surface area contributed by atoms with Crippen molar-refractivity contribution in [2.75, 3.05) is 0 Å². The zero-order chi connectivity index (χ0) is 17.0. The standard InChI is InChI=1S/C24H26As/c1-5-13-21(14-6-1)25(22-15-7-2-8-16-22,23-17-9-3-10-18-23)24-19-11-4-12-20-24/h1-3,5-10,13-18,24H,4,11-12,19-20H2. The molecule has 1 saturated carbocycles. The Morgan fingerprint density at radius 2 is 0.840 bits per heavy atom. The molecule has 1 aliphatic carbocycles. The summed E-state index contributed by atoms with van der Waals surface area (Å²) in [5.41, 5.74) is 0. The van der Waals surface area contributed by atoms with E-state index in [1.54, 1.807) is 13.1 Å². The van der Waals surface area contributed by atoms with Crippen LogP contribution >= 0.6 is 0 Å². The Labute approximate surface area is 154 Å². The predicted octanol–water partition coefficient (Wildman–Crippen LogP) is 4.49. The van der Waals surface area contributed by atoms with E-state index in [0.717, 1.165) is 4.71 Å². The molecule has 0 aromatic heterocycles. The van der Waals surface area contributed by atoms with E-state index in [-0.39, 0.29) is 0 Å². The van der Waals surface area contributed by atoms with E-state index in [2.05, 4.69) is 91.0 Å². The fraction of sp³-hybridized carbons (Fsp3) is 0.250. The van der Waals surface area contributed by atoms with Crippen LogP contribution in [-0.2, 0) is 0 Å².